The predicted octanol–water partition coefficient (Wildman–Crippen LogP) is 5.44. The molecule has 1 nitrogen and oxygen atoms in total. The highest BCUT2D eigenvalue weighted by molar-refractivity contribution is 6.42. The molecule has 0 saturated carbocycles. The minimum absolute atomic E-state index is 0.262. The van der Waals surface area contributed by atoms with Crippen LogP contribution in [-0.4, -0.2) is 0 Å². The molecule has 0 saturated heterocycles. The number of rotatable bonds is 3. The second-order valence-electron chi connectivity index (χ2n) is 4.20. The first-order valence-electron chi connectivity index (χ1n) is 5.63. The van der Waals surface area contributed by atoms with Gasteiger partial charge < -0.3 is 5.32 Å². The van der Waals surface area contributed by atoms with Gasteiger partial charge in [0.15, 0.2) is 0 Å². The summed E-state index contributed by atoms with van der Waals surface area (Å²) in [7, 11) is 0. The van der Waals surface area contributed by atoms with Crippen molar-refractivity contribution in [2.75, 3.05) is 5.32 Å². The van der Waals surface area contributed by atoms with Crippen LogP contribution in [0.5, 0.6) is 0 Å². The monoisotopic (exact) mass is 301 g/mol. The van der Waals surface area contributed by atoms with Crippen LogP contribution in [0.3, 0.4) is 0 Å². The van der Waals surface area contributed by atoms with Crippen LogP contribution in [0.2, 0.25) is 10.0 Å². The van der Waals surface area contributed by atoms with E-state index in [0.717, 1.165) is 11.8 Å². The Hall–Kier alpha value is -1.32. The summed E-state index contributed by atoms with van der Waals surface area (Å²) in [6.07, 6.45) is 0. The van der Waals surface area contributed by atoms with E-state index in [4.69, 9.17) is 23.2 Å². The van der Waals surface area contributed by atoms with Crippen LogP contribution >= 0.6 is 23.2 Å². The zero-order valence-corrected chi connectivity index (χ0v) is 11.6. The van der Waals surface area contributed by atoms with Crippen LogP contribution in [0.1, 0.15) is 18.5 Å². The number of hydrogen-bond donors (Lipinski definition) is 1. The van der Waals surface area contributed by atoms with Gasteiger partial charge in [-0.2, -0.15) is 0 Å². The molecule has 0 amide bonds. The summed E-state index contributed by atoms with van der Waals surface area (Å²) in [5, 5.41) is 3.98. The normalized spacial score (nSPS) is 12.3. The van der Waals surface area contributed by atoms with E-state index in [-0.39, 0.29) is 6.04 Å². The maximum absolute atomic E-state index is 13.1. The van der Waals surface area contributed by atoms with Gasteiger partial charge >= 0.3 is 0 Å². The molecule has 1 unspecified atom stereocenters. The van der Waals surface area contributed by atoms with Crippen molar-refractivity contribution >= 4 is 28.9 Å². The Morgan fingerprint density at radius 1 is 0.947 bits per heavy atom. The van der Waals surface area contributed by atoms with Crippen molar-refractivity contribution in [3.05, 3.63) is 63.6 Å². The Labute approximate surface area is 120 Å². The largest absolute Gasteiger partial charge is 0.378 e. The molecule has 100 valence electrons. The molecular weight excluding hydrogens is 291 g/mol. The molecule has 2 aromatic carbocycles. The molecule has 0 bridgehead atoms. The molecule has 0 aliphatic rings. The standard InChI is InChI=1S/C14H11Cl2F2N/c1-8(9-4-10(17)6-11(18)5-9)19-12-2-3-13(15)14(16)7-12/h2-8,19H,1H3. The van der Waals surface area contributed by atoms with E-state index in [1.54, 1.807) is 25.1 Å². The lowest BCUT2D eigenvalue weighted by atomic mass is 10.1. The number of nitrogens with one attached hydrogen (secondary N) is 1. The van der Waals surface area contributed by atoms with E-state index < -0.39 is 11.6 Å². The molecule has 0 aliphatic heterocycles. The molecule has 1 atom stereocenters. The number of benzene rings is 2. The van der Waals surface area contributed by atoms with Gasteiger partial charge in [0.05, 0.1) is 10.0 Å². The van der Waals surface area contributed by atoms with Crippen molar-refractivity contribution in [3.8, 4) is 0 Å². The Morgan fingerprint density at radius 3 is 2.16 bits per heavy atom. The lowest BCUT2D eigenvalue weighted by molar-refractivity contribution is 0.577. The van der Waals surface area contributed by atoms with E-state index >= 15 is 0 Å². The minimum atomic E-state index is -0.599. The minimum Gasteiger partial charge on any atom is -0.378 e. The molecule has 0 aromatic heterocycles. The second-order valence-corrected chi connectivity index (χ2v) is 5.01. The van der Waals surface area contributed by atoms with Gasteiger partial charge in [0.2, 0.25) is 0 Å². The highest BCUT2D eigenvalue weighted by Crippen LogP contribution is 2.27. The third-order valence-electron chi connectivity index (χ3n) is 2.69. The fraction of sp³-hybridized carbons (Fsp3) is 0.143. The first-order chi connectivity index (χ1) is 8.95. The average molecular weight is 302 g/mol. The smallest absolute Gasteiger partial charge is 0.126 e. The Kier molecular flexibility index (Phi) is 4.27. The van der Waals surface area contributed by atoms with E-state index in [2.05, 4.69) is 5.32 Å². The highest BCUT2D eigenvalue weighted by Gasteiger charge is 2.09. The van der Waals surface area contributed by atoms with Crippen molar-refractivity contribution in [1.82, 2.24) is 0 Å². The first-order valence-corrected chi connectivity index (χ1v) is 6.39. The van der Waals surface area contributed by atoms with Gasteiger partial charge in [-0.3, -0.25) is 0 Å². The molecule has 0 radical (unpaired) electrons. The van der Waals surface area contributed by atoms with Gasteiger partial charge in [-0.15, -0.1) is 0 Å². The van der Waals surface area contributed by atoms with Gasteiger partial charge in [0.1, 0.15) is 11.6 Å². The summed E-state index contributed by atoms with van der Waals surface area (Å²) < 4.78 is 26.3. The van der Waals surface area contributed by atoms with Crippen molar-refractivity contribution in [2.24, 2.45) is 0 Å². The van der Waals surface area contributed by atoms with Crippen LogP contribution in [0.4, 0.5) is 14.5 Å². The Bertz CT molecular complexity index is 582. The Morgan fingerprint density at radius 2 is 1.58 bits per heavy atom. The molecule has 0 heterocycles. The lowest BCUT2D eigenvalue weighted by Crippen LogP contribution is -2.07. The molecule has 1 N–H and O–H groups in total. The zero-order valence-electron chi connectivity index (χ0n) is 10.1. The van der Waals surface area contributed by atoms with Crippen molar-refractivity contribution in [3.63, 3.8) is 0 Å². The maximum atomic E-state index is 13.1. The molecule has 0 fully saturated rings. The number of anilines is 1. The van der Waals surface area contributed by atoms with Crippen LogP contribution in [0.15, 0.2) is 36.4 Å². The van der Waals surface area contributed by atoms with E-state index in [1.807, 2.05) is 0 Å². The fourth-order valence-corrected chi connectivity index (χ4v) is 2.04. The van der Waals surface area contributed by atoms with Crippen LogP contribution in [0.25, 0.3) is 0 Å². The predicted molar refractivity (Wildman–Crippen MR) is 74.9 cm³/mol. The SMILES string of the molecule is CC(Nc1ccc(Cl)c(Cl)c1)c1cc(F)cc(F)c1. The maximum Gasteiger partial charge on any atom is 0.126 e. The van der Waals surface area contributed by atoms with Crippen LogP contribution in [-0.2, 0) is 0 Å². The third kappa shape index (κ3) is 3.58. The van der Waals surface area contributed by atoms with Gasteiger partial charge in [0.25, 0.3) is 0 Å². The summed E-state index contributed by atoms with van der Waals surface area (Å²) in [6.45, 7) is 1.80. The van der Waals surface area contributed by atoms with E-state index in [0.29, 0.717) is 15.6 Å². The molecule has 5 heteroatoms. The zero-order chi connectivity index (χ0) is 14.0. The third-order valence-corrected chi connectivity index (χ3v) is 3.43. The van der Waals surface area contributed by atoms with Crippen molar-refractivity contribution in [1.29, 1.82) is 0 Å². The van der Waals surface area contributed by atoms with Gasteiger partial charge in [-0.1, -0.05) is 23.2 Å². The summed E-state index contributed by atoms with van der Waals surface area (Å²) in [6, 6.07) is 8.23. The van der Waals surface area contributed by atoms with Crippen molar-refractivity contribution < 1.29 is 8.78 Å². The molecule has 19 heavy (non-hydrogen) atoms. The van der Waals surface area contributed by atoms with Crippen LogP contribution in [0, 0.1) is 11.6 Å². The van der Waals surface area contributed by atoms with E-state index in [1.165, 1.54) is 12.1 Å². The van der Waals surface area contributed by atoms with Crippen LogP contribution < -0.4 is 5.32 Å². The summed E-state index contributed by atoms with van der Waals surface area (Å²) >= 11 is 11.7. The topological polar surface area (TPSA) is 12.0 Å². The fourth-order valence-electron chi connectivity index (χ4n) is 1.74. The summed E-state index contributed by atoms with van der Waals surface area (Å²) in [4.78, 5) is 0. The van der Waals surface area contributed by atoms with Gasteiger partial charge in [0, 0.05) is 17.8 Å². The average Bonchev–Trinajstić information content (AvgIpc) is 2.32. The Balaban J connectivity index is 2.20. The first kappa shape index (κ1) is 14.1. The van der Waals surface area contributed by atoms with Gasteiger partial charge in [-0.05, 0) is 42.8 Å². The molecule has 2 rings (SSSR count). The molecule has 0 aliphatic carbocycles. The van der Waals surface area contributed by atoms with E-state index in [9.17, 15) is 8.78 Å². The van der Waals surface area contributed by atoms with Crippen molar-refractivity contribution in [2.45, 2.75) is 13.0 Å². The molecule has 0 spiro atoms. The molecular formula is C14H11Cl2F2N. The number of halogens is 4. The quantitative estimate of drug-likeness (QED) is 0.795. The summed E-state index contributed by atoms with van der Waals surface area (Å²) in [5.74, 6) is -1.20. The summed E-state index contributed by atoms with van der Waals surface area (Å²) in [5.41, 5.74) is 1.25. The number of hydrogen-bond acceptors (Lipinski definition) is 1. The molecule has 2 aromatic rings. The van der Waals surface area contributed by atoms with Gasteiger partial charge in [-0.25, -0.2) is 8.78 Å². The second kappa shape index (κ2) is 5.76. The highest BCUT2D eigenvalue weighted by atomic mass is 35.5. The lowest BCUT2D eigenvalue weighted by Gasteiger charge is -2.16.